The number of ether oxygens (including phenoxy) is 1. The molecule has 0 aliphatic carbocycles. The van der Waals surface area contributed by atoms with Crippen LogP contribution >= 0.6 is 22.9 Å². The van der Waals surface area contributed by atoms with Crippen molar-refractivity contribution in [2.75, 3.05) is 12.0 Å². The van der Waals surface area contributed by atoms with Crippen LogP contribution in [0.3, 0.4) is 0 Å². The van der Waals surface area contributed by atoms with E-state index in [1.807, 2.05) is 6.92 Å². The van der Waals surface area contributed by atoms with Gasteiger partial charge in [0.25, 0.3) is 5.78 Å². The van der Waals surface area contributed by atoms with Gasteiger partial charge in [0.2, 0.25) is 0 Å². The van der Waals surface area contributed by atoms with Crippen LogP contribution in [0.5, 0.6) is 5.75 Å². The number of carbonyl (C=O) groups excluding carboxylic acids is 2. The molecule has 2 aromatic carbocycles. The van der Waals surface area contributed by atoms with Crippen LogP contribution in [0.4, 0.5) is 5.13 Å². The number of aliphatic hydroxyl groups is 1. The van der Waals surface area contributed by atoms with E-state index < -0.39 is 17.7 Å². The van der Waals surface area contributed by atoms with Crippen molar-refractivity contribution in [3.63, 3.8) is 0 Å². The molecule has 0 radical (unpaired) electrons. The lowest BCUT2D eigenvalue weighted by Gasteiger charge is -2.23. The maximum Gasteiger partial charge on any atom is 0.301 e. The smallest absolute Gasteiger partial charge is 0.301 e. The van der Waals surface area contributed by atoms with E-state index in [9.17, 15) is 14.7 Å². The highest BCUT2D eigenvalue weighted by atomic mass is 35.5. The highest BCUT2D eigenvalue weighted by molar-refractivity contribution is 7.14. The van der Waals surface area contributed by atoms with Gasteiger partial charge in [0.1, 0.15) is 11.5 Å². The van der Waals surface area contributed by atoms with Gasteiger partial charge in [-0.15, -0.1) is 11.3 Å². The number of nitrogens with zero attached hydrogens (tertiary/aromatic N) is 2. The van der Waals surface area contributed by atoms with E-state index in [0.717, 1.165) is 5.56 Å². The molecule has 1 saturated heterocycles. The normalized spacial score (nSPS) is 18.1. The zero-order valence-corrected chi connectivity index (χ0v) is 17.7. The summed E-state index contributed by atoms with van der Waals surface area (Å²) in [6.07, 6.45) is 1.56. The summed E-state index contributed by atoms with van der Waals surface area (Å²) >= 11 is 7.41. The average molecular weight is 441 g/mol. The highest BCUT2D eigenvalue weighted by Crippen LogP contribution is 2.43. The van der Waals surface area contributed by atoms with Crippen molar-refractivity contribution in [1.29, 1.82) is 0 Å². The number of halogens is 1. The van der Waals surface area contributed by atoms with Crippen LogP contribution in [-0.2, 0) is 9.59 Å². The largest absolute Gasteiger partial charge is 0.507 e. The molecule has 8 heteroatoms. The Labute approximate surface area is 182 Å². The SMILES string of the molecule is COc1ccc(/C(O)=C2\C(=O)C(=O)N(c3nccs3)[C@H]2c2cccc(Cl)c2)cc1C. The van der Waals surface area contributed by atoms with Gasteiger partial charge in [-0.25, -0.2) is 4.98 Å². The van der Waals surface area contributed by atoms with Gasteiger partial charge in [-0.1, -0.05) is 23.7 Å². The minimum Gasteiger partial charge on any atom is -0.507 e. The quantitative estimate of drug-likeness (QED) is 0.360. The minimum atomic E-state index is -0.850. The Balaban J connectivity index is 1.94. The molecule has 1 aliphatic heterocycles. The number of carbonyl (C=O) groups is 2. The molecule has 1 aliphatic rings. The van der Waals surface area contributed by atoms with Crippen molar-refractivity contribution in [2.24, 2.45) is 0 Å². The minimum absolute atomic E-state index is 0.0120. The topological polar surface area (TPSA) is 79.7 Å². The maximum atomic E-state index is 13.0. The van der Waals surface area contributed by atoms with E-state index in [2.05, 4.69) is 4.98 Å². The van der Waals surface area contributed by atoms with Crippen molar-refractivity contribution in [3.8, 4) is 5.75 Å². The van der Waals surface area contributed by atoms with Crippen molar-refractivity contribution in [2.45, 2.75) is 13.0 Å². The molecular formula is C22H17ClN2O4S. The second kappa shape index (κ2) is 7.93. The summed E-state index contributed by atoms with van der Waals surface area (Å²) in [6, 6.07) is 11.1. The number of rotatable bonds is 4. The summed E-state index contributed by atoms with van der Waals surface area (Å²) in [5.41, 5.74) is 1.79. The molecule has 0 bridgehead atoms. The summed E-state index contributed by atoms with van der Waals surface area (Å²) in [5.74, 6) is -1.13. The summed E-state index contributed by atoms with van der Waals surface area (Å²) in [5, 5.41) is 13.6. The third-order valence-electron chi connectivity index (χ3n) is 4.90. The van der Waals surface area contributed by atoms with Crippen LogP contribution in [0.25, 0.3) is 5.76 Å². The Morgan fingerprint density at radius 2 is 2.03 bits per heavy atom. The Bertz CT molecular complexity index is 1170. The van der Waals surface area contributed by atoms with Gasteiger partial charge < -0.3 is 9.84 Å². The van der Waals surface area contributed by atoms with Gasteiger partial charge in [0.15, 0.2) is 5.13 Å². The second-order valence-electron chi connectivity index (χ2n) is 6.72. The summed E-state index contributed by atoms with van der Waals surface area (Å²) in [6.45, 7) is 1.83. The van der Waals surface area contributed by atoms with Crippen molar-refractivity contribution >= 4 is 45.5 Å². The van der Waals surface area contributed by atoms with E-state index in [-0.39, 0.29) is 11.3 Å². The molecule has 1 atom stereocenters. The first-order valence-electron chi connectivity index (χ1n) is 9.03. The maximum absolute atomic E-state index is 13.0. The van der Waals surface area contributed by atoms with E-state index in [1.165, 1.54) is 16.2 Å². The zero-order chi connectivity index (χ0) is 21.4. The van der Waals surface area contributed by atoms with Crippen LogP contribution in [0.15, 0.2) is 59.6 Å². The lowest BCUT2D eigenvalue weighted by atomic mass is 9.95. The number of benzene rings is 2. The van der Waals surface area contributed by atoms with E-state index in [4.69, 9.17) is 16.3 Å². The van der Waals surface area contributed by atoms with Crippen LogP contribution < -0.4 is 9.64 Å². The number of anilines is 1. The Morgan fingerprint density at radius 3 is 2.67 bits per heavy atom. The Kier molecular flexibility index (Phi) is 5.32. The third-order valence-corrected chi connectivity index (χ3v) is 5.91. The number of Topliss-reactive ketones (excluding diaryl/α,β-unsaturated/α-hetero) is 1. The van der Waals surface area contributed by atoms with Gasteiger partial charge in [-0.05, 0) is 48.4 Å². The number of hydrogen-bond acceptors (Lipinski definition) is 6. The number of aliphatic hydroxyl groups excluding tert-OH is 1. The molecular weight excluding hydrogens is 424 g/mol. The van der Waals surface area contributed by atoms with E-state index in [1.54, 1.807) is 61.2 Å². The molecule has 0 unspecified atom stereocenters. The summed E-state index contributed by atoms with van der Waals surface area (Å²) in [7, 11) is 1.56. The van der Waals surface area contributed by atoms with Gasteiger partial charge in [-0.3, -0.25) is 14.5 Å². The molecule has 0 saturated carbocycles. The molecule has 3 aromatic rings. The standard InChI is InChI=1S/C22H17ClN2O4S/c1-12-10-14(6-7-16(12)29-2)19(26)17-18(13-4-3-5-15(23)11-13)25(21(28)20(17)27)22-24-8-9-30-22/h3-11,18,26H,1-2H3/b19-17+/t18-/m0/s1. The van der Waals surface area contributed by atoms with Crippen LogP contribution in [-0.4, -0.2) is 28.9 Å². The van der Waals surface area contributed by atoms with Crippen LogP contribution in [0.1, 0.15) is 22.7 Å². The van der Waals surface area contributed by atoms with E-state index in [0.29, 0.717) is 27.0 Å². The number of aromatic nitrogens is 1. The monoisotopic (exact) mass is 440 g/mol. The van der Waals surface area contributed by atoms with Gasteiger partial charge in [0.05, 0.1) is 18.7 Å². The van der Waals surface area contributed by atoms with Crippen LogP contribution in [0.2, 0.25) is 5.02 Å². The first-order chi connectivity index (χ1) is 14.4. The molecule has 1 fully saturated rings. The molecule has 2 heterocycles. The number of methoxy groups -OCH3 is 1. The van der Waals surface area contributed by atoms with Gasteiger partial charge in [0, 0.05) is 22.2 Å². The first-order valence-corrected chi connectivity index (χ1v) is 10.3. The number of ketones is 1. The van der Waals surface area contributed by atoms with Gasteiger partial charge >= 0.3 is 5.91 Å². The predicted octanol–water partition coefficient (Wildman–Crippen LogP) is 4.74. The fourth-order valence-corrected chi connectivity index (χ4v) is 4.40. The van der Waals surface area contributed by atoms with Crippen molar-refractivity contribution < 1.29 is 19.4 Å². The number of aryl methyl sites for hydroxylation is 1. The molecule has 0 spiro atoms. The third kappa shape index (κ3) is 3.36. The Hall–Kier alpha value is -3.16. The number of amides is 1. The van der Waals surface area contributed by atoms with Gasteiger partial charge in [-0.2, -0.15) is 0 Å². The fraction of sp³-hybridized carbons (Fsp3) is 0.136. The Morgan fingerprint density at radius 1 is 1.23 bits per heavy atom. The zero-order valence-electron chi connectivity index (χ0n) is 16.1. The fourth-order valence-electron chi connectivity index (χ4n) is 3.54. The molecule has 4 rings (SSSR count). The molecule has 1 aromatic heterocycles. The molecule has 6 nitrogen and oxygen atoms in total. The molecule has 30 heavy (non-hydrogen) atoms. The highest BCUT2D eigenvalue weighted by Gasteiger charge is 2.48. The predicted molar refractivity (Wildman–Crippen MR) is 116 cm³/mol. The van der Waals surface area contributed by atoms with Crippen molar-refractivity contribution in [1.82, 2.24) is 4.98 Å². The summed E-state index contributed by atoms with van der Waals surface area (Å²) < 4.78 is 5.26. The second-order valence-corrected chi connectivity index (χ2v) is 8.03. The molecule has 1 amide bonds. The number of hydrogen-bond donors (Lipinski definition) is 1. The lowest BCUT2D eigenvalue weighted by Crippen LogP contribution is -2.29. The molecule has 152 valence electrons. The average Bonchev–Trinajstić information content (AvgIpc) is 3.34. The van der Waals surface area contributed by atoms with Crippen molar-refractivity contribution in [3.05, 3.63) is 81.3 Å². The summed E-state index contributed by atoms with van der Waals surface area (Å²) in [4.78, 5) is 31.5. The lowest BCUT2D eigenvalue weighted by molar-refractivity contribution is -0.132. The van der Waals surface area contributed by atoms with E-state index >= 15 is 0 Å². The first kappa shape index (κ1) is 20.1. The van der Waals surface area contributed by atoms with Crippen LogP contribution in [0, 0.1) is 6.92 Å². The number of thiazole rings is 1. The molecule has 1 N–H and O–H groups in total.